The SMILES string of the molecule is C[NH+]1CCN(C(=O)CCc2ccc(S(=O)(=O)NCc3ccccc3)cc2)CC1. The van der Waals surface area contributed by atoms with Crippen LogP contribution in [0.15, 0.2) is 59.5 Å². The minimum Gasteiger partial charge on any atom is -0.334 e. The fourth-order valence-corrected chi connectivity index (χ4v) is 4.26. The van der Waals surface area contributed by atoms with Crippen LogP contribution in [-0.4, -0.2) is 52.5 Å². The van der Waals surface area contributed by atoms with Gasteiger partial charge < -0.3 is 9.80 Å². The van der Waals surface area contributed by atoms with Crippen LogP contribution in [0.5, 0.6) is 0 Å². The second-order valence-corrected chi connectivity index (χ2v) is 9.06. The molecular formula is C21H28N3O3S+. The maximum atomic E-state index is 12.4. The molecule has 1 amide bonds. The largest absolute Gasteiger partial charge is 0.334 e. The van der Waals surface area contributed by atoms with E-state index in [0.717, 1.165) is 37.3 Å². The Labute approximate surface area is 167 Å². The molecule has 150 valence electrons. The van der Waals surface area contributed by atoms with E-state index < -0.39 is 10.0 Å². The van der Waals surface area contributed by atoms with E-state index in [4.69, 9.17) is 0 Å². The summed E-state index contributed by atoms with van der Waals surface area (Å²) < 4.78 is 27.5. The molecular weight excluding hydrogens is 374 g/mol. The molecule has 7 heteroatoms. The third-order valence-corrected chi connectivity index (χ3v) is 6.56. The van der Waals surface area contributed by atoms with E-state index in [1.165, 1.54) is 4.90 Å². The summed E-state index contributed by atoms with van der Waals surface area (Å²) in [6.07, 6.45) is 1.08. The van der Waals surface area contributed by atoms with Crippen molar-refractivity contribution in [2.75, 3.05) is 33.2 Å². The van der Waals surface area contributed by atoms with E-state index in [0.29, 0.717) is 12.8 Å². The summed E-state index contributed by atoms with van der Waals surface area (Å²) in [4.78, 5) is 16.0. The van der Waals surface area contributed by atoms with Gasteiger partial charge in [0.05, 0.1) is 38.1 Å². The first kappa shape index (κ1) is 20.5. The summed E-state index contributed by atoms with van der Waals surface area (Å²) >= 11 is 0. The maximum absolute atomic E-state index is 12.4. The highest BCUT2D eigenvalue weighted by molar-refractivity contribution is 7.89. The van der Waals surface area contributed by atoms with Gasteiger partial charge in [0.2, 0.25) is 15.9 Å². The van der Waals surface area contributed by atoms with Gasteiger partial charge in [-0.15, -0.1) is 0 Å². The topological polar surface area (TPSA) is 70.9 Å². The molecule has 2 aromatic rings. The Balaban J connectivity index is 1.52. The van der Waals surface area contributed by atoms with E-state index >= 15 is 0 Å². The number of amides is 1. The molecule has 1 saturated heterocycles. The minimum absolute atomic E-state index is 0.175. The number of hydrogen-bond donors (Lipinski definition) is 2. The Kier molecular flexibility index (Phi) is 6.83. The highest BCUT2D eigenvalue weighted by Gasteiger charge is 2.21. The summed E-state index contributed by atoms with van der Waals surface area (Å²) in [5.74, 6) is 0.175. The summed E-state index contributed by atoms with van der Waals surface area (Å²) in [7, 11) is -1.41. The van der Waals surface area contributed by atoms with E-state index in [9.17, 15) is 13.2 Å². The normalized spacial score (nSPS) is 15.5. The monoisotopic (exact) mass is 402 g/mol. The number of carbonyl (C=O) groups excluding carboxylic acids is 1. The number of nitrogens with zero attached hydrogens (tertiary/aromatic N) is 1. The lowest BCUT2D eigenvalue weighted by molar-refractivity contribution is -0.883. The minimum atomic E-state index is -3.56. The first-order chi connectivity index (χ1) is 13.4. The highest BCUT2D eigenvalue weighted by atomic mass is 32.2. The van der Waals surface area contributed by atoms with Crippen molar-refractivity contribution >= 4 is 15.9 Å². The van der Waals surface area contributed by atoms with E-state index in [-0.39, 0.29) is 17.3 Å². The van der Waals surface area contributed by atoms with Crippen LogP contribution in [0.3, 0.4) is 0 Å². The molecule has 0 saturated carbocycles. The number of benzene rings is 2. The molecule has 6 nitrogen and oxygen atoms in total. The quantitative estimate of drug-likeness (QED) is 0.707. The van der Waals surface area contributed by atoms with Crippen LogP contribution in [0.1, 0.15) is 17.5 Å². The first-order valence-electron chi connectivity index (χ1n) is 9.66. The number of hydrogen-bond acceptors (Lipinski definition) is 3. The molecule has 0 aliphatic carbocycles. The number of carbonyl (C=O) groups is 1. The lowest BCUT2D eigenvalue weighted by Crippen LogP contribution is -3.12. The fraction of sp³-hybridized carbons (Fsp3) is 0.381. The molecule has 1 fully saturated rings. The zero-order valence-corrected chi connectivity index (χ0v) is 17.0. The van der Waals surface area contributed by atoms with Crippen LogP contribution in [0, 0.1) is 0 Å². The molecule has 0 bridgehead atoms. The number of rotatable bonds is 7. The van der Waals surface area contributed by atoms with Gasteiger partial charge in [-0.05, 0) is 29.7 Å². The van der Waals surface area contributed by atoms with Gasteiger partial charge in [-0.3, -0.25) is 4.79 Å². The Hall–Kier alpha value is -2.22. The van der Waals surface area contributed by atoms with Gasteiger partial charge in [0.1, 0.15) is 0 Å². The van der Waals surface area contributed by atoms with Crippen LogP contribution in [0.25, 0.3) is 0 Å². The third kappa shape index (κ3) is 5.64. The van der Waals surface area contributed by atoms with Gasteiger partial charge in [-0.1, -0.05) is 42.5 Å². The zero-order chi connectivity index (χ0) is 20.0. The molecule has 2 aromatic carbocycles. The molecule has 0 radical (unpaired) electrons. The molecule has 0 aromatic heterocycles. The smallest absolute Gasteiger partial charge is 0.240 e. The van der Waals surface area contributed by atoms with E-state index in [2.05, 4.69) is 11.8 Å². The Morgan fingerprint density at radius 1 is 1.00 bits per heavy atom. The van der Waals surface area contributed by atoms with Crippen LogP contribution in [0.2, 0.25) is 0 Å². The van der Waals surface area contributed by atoms with Crippen molar-refractivity contribution in [2.24, 2.45) is 0 Å². The molecule has 1 aliphatic rings. The molecule has 1 aliphatic heterocycles. The van der Waals surface area contributed by atoms with E-state index in [1.54, 1.807) is 24.3 Å². The summed E-state index contributed by atoms with van der Waals surface area (Å²) in [5, 5.41) is 0. The van der Waals surface area contributed by atoms with Gasteiger partial charge in [-0.2, -0.15) is 0 Å². The van der Waals surface area contributed by atoms with Crippen LogP contribution < -0.4 is 9.62 Å². The van der Waals surface area contributed by atoms with Crippen molar-refractivity contribution in [1.29, 1.82) is 0 Å². The Morgan fingerprint density at radius 3 is 2.29 bits per heavy atom. The summed E-state index contributed by atoms with van der Waals surface area (Å²) in [5.41, 5.74) is 1.88. The van der Waals surface area contributed by atoms with Gasteiger partial charge in [0.15, 0.2) is 0 Å². The molecule has 0 atom stereocenters. The van der Waals surface area contributed by atoms with Crippen molar-refractivity contribution in [3.63, 3.8) is 0 Å². The summed E-state index contributed by atoms with van der Waals surface area (Å²) in [6, 6.07) is 16.2. The molecule has 0 spiro atoms. The van der Waals surface area contributed by atoms with Crippen molar-refractivity contribution in [2.45, 2.75) is 24.3 Å². The number of sulfonamides is 1. The molecule has 0 unspecified atom stereocenters. The van der Waals surface area contributed by atoms with Crippen LogP contribution >= 0.6 is 0 Å². The number of nitrogens with one attached hydrogen (secondary N) is 2. The van der Waals surface area contributed by atoms with Crippen molar-refractivity contribution in [1.82, 2.24) is 9.62 Å². The molecule has 2 N–H and O–H groups in total. The molecule has 3 rings (SSSR count). The fourth-order valence-electron chi connectivity index (χ4n) is 3.24. The average molecular weight is 403 g/mol. The van der Waals surface area contributed by atoms with Crippen molar-refractivity contribution in [3.05, 3.63) is 65.7 Å². The Bertz CT molecular complexity index is 875. The van der Waals surface area contributed by atoms with Gasteiger partial charge >= 0.3 is 0 Å². The predicted molar refractivity (Wildman–Crippen MR) is 108 cm³/mol. The number of piperazine rings is 1. The average Bonchev–Trinajstić information content (AvgIpc) is 2.72. The number of quaternary nitrogens is 1. The number of likely N-dealkylation sites (N-methyl/N-ethyl adjacent to an activating group) is 1. The lowest BCUT2D eigenvalue weighted by atomic mass is 10.1. The van der Waals surface area contributed by atoms with Gasteiger partial charge in [0.25, 0.3) is 0 Å². The second kappa shape index (κ2) is 9.32. The molecule has 1 heterocycles. The predicted octanol–water partition coefficient (Wildman–Crippen LogP) is 0.455. The standard InChI is InChI=1S/C21H27N3O3S/c1-23-13-15-24(16-14-23)21(25)12-9-18-7-10-20(11-8-18)28(26,27)22-17-19-5-3-2-4-6-19/h2-8,10-11,22H,9,12-17H2,1H3/p+1. The highest BCUT2D eigenvalue weighted by Crippen LogP contribution is 2.13. The van der Waals surface area contributed by atoms with Gasteiger partial charge in [0, 0.05) is 13.0 Å². The van der Waals surface area contributed by atoms with E-state index in [1.807, 2.05) is 35.2 Å². The maximum Gasteiger partial charge on any atom is 0.240 e. The van der Waals surface area contributed by atoms with Gasteiger partial charge in [-0.25, -0.2) is 13.1 Å². The van der Waals surface area contributed by atoms with Crippen LogP contribution in [0.4, 0.5) is 0 Å². The number of aryl methyl sites for hydroxylation is 1. The lowest BCUT2D eigenvalue weighted by Gasteiger charge is -2.30. The third-order valence-electron chi connectivity index (χ3n) is 5.14. The van der Waals surface area contributed by atoms with Crippen molar-refractivity contribution in [3.8, 4) is 0 Å². The molecule has 28 heavy (non-hydrogen) atoms. The second-order valence-electron chi connectivity index (χ2n) is 7.29. The zero-order valence-electron chi connectivity index (χ0n) is 16.2. The Morgan fingerprint density at radius 2 is 1.64 bits per heavy atom. The van der Waals surface area contributed by atoms with Crippen molar-refractivity contribution < 1.29 is 18.1 Å². The van der Waals surface area contributed by atoms with Crippen LogP contribution in [-0.2, 0) is 27.8 Å². The first-order valence-corrected chi connectivity index (χ1v) is 11.1. The summed E-state index contributed by atoms with van der Waals surface area (Å²) in [6.45, 7) is 3.87.